The monoisotopic (exact) mass is 424 g/mol. The minimum atomic E-state index is -0.381. The van der Waals surface area contributed by atoms with Crippen molar-refractivity contribution in [3.8, 4) is 0 Å². The van der Waals surface area contributed by atoms with E-state index in [1.54, 1.807) is 0 Å². The average Bonchev–Trinajstić information content (AvgIpc) is 3.25. The first-order chi connectivity index (χ1) is 14.5. The van der Waals surface area contributed by atoms with Crippen LogP contribution in [0.1, 0.15) is 49.5 Å². The first-order valence-electron chi connectivity index (χ1n) is 9.76. The van der Waals surface area contributed by atoms with Gasteiger partial charge in [0.15, 0.2) is 0 Å². The van der Waals surface area contributed by atoms with Crippen LogP contribution < -0.4 is 5.32 Å². The zero-order valence-electron chi connectivity index (χ0n) is 16.5. The molecule has 1 aromatic heterocycles. The third kappa shape index (κ3) is 4.54. The van der Waals surface area contributed by atoms with Crippen molar-refractivity contribution < 1.29 is 14.0 Å². The van der Waals surface area contributed by atoms with Crippen molar-refractivity contribution in [2.45, 2.75) is 25.7 Å². The molecule has 0 unspecified atom stereocenters. The third-order valence-electron chi connectivity index (χ3n) is 5.06. The summed E-state index contributed by atoms with van der Waals surface area (Å²) >= 11 is 1.24. The molecule has 154 valence electrons. The van der Waals surface area contributed by atoms with E-state index in [0.29, 0.717) is 24.3 Å². The predicted octanol–water partition coefficient (Wildman–Crippen LogP) is 4.26. The Kier molecular flexibility index (Phi) is 5.85. The van der Waals surface area contributed by atoms with Crippen LogP contribution in [0.3, 0.4) is 0 Å². The quantitative estimate of drug-likeness (QED) is 0.679. The van der Waals surface area contributed by atoms with E-state index in [2.05, 4.69) is 15.5 Å². The Morgan fingerprint density at radius 1 is 1.17 bits per heavy atom. The Balaban J connectivity index is 1.43. The fourth-order valence-electron chi connectivity index (χ4n) is 3.53. The number of rotatable bonds is 4. The van der Waals surface area contributed by atoms with Gasteiger partial charge in [0.1, 0.15) is 10.8 Å². The van der Waals surface area contributed by atoms with E-state index in [-0.39, 0.29) is 28.6 Å². The maximum Gasteiger partial charge on any atom is 0.286 e. The van der Waals surface area contributed by atoms with Crippen LogP contribution in [-0.4, -0.2) is 40.0 Å². The standard InChI is InChI=1S/C22H21FN4O2S/c1-14-4-2-5-15(12-14)22(29)27-11-3-6-16(13-27)20-25-26-21(30-20)19(28)24-18-9-7-17(23)8-10-18/h2,4-5,7-10,12,16H,3,6,11,13H2,1H3,(H,24,28)/t16-/m0/s1. The number of benzene rings is 2. The van der Waals surface area contributed by atoms with E-state index in [1.807, 2.05) is 36.1 Å². The fraction of sp³-hybridized carbons (Fsp3) is 0.273. The van der Waals surface area contributed by atoms with Gasteiger partial charge in [-0.05, 0) is 56.2 Å². The van der Waals surface area contributed by atoms with Crippen LogP contribution >= 0.6 is 11.3 Å². The molecular formula is C22H21FN4O2S. The summed E-state index contributed by atoms with van der Waals surface area (Å²) in [6.45, 7) is 3.23. The maximum absolute atomic E-state index is 13.0. The normalized spacial score (nSPS) is 16.3. The molecular weight excluding hydrogens is 403 g/mol. The van der Waals surface area contributed by atoms with Crippen molar-refractivity contribution in [1.82, 2.24) is 15.1 Å². The number of nitrogens with zero attached hydrogens (tertiary/aromatic N) is 3. The van der Waals surface area contributed by atoms with Crippen molar-refractivity contribution in [3.05, 3.63) is 75.5 Å². The molecule has 0 saturated carbocycles. The Morgan fingerprint density at radius 2 is 1.97 bits per heavy atom. The number of piperidine rings is 1. The lowest BCUT2D eigenvalue weighted by Gasteiger charge is -2.31. The van der Waals surface area contributed by atoms with Crippen LogP contribution in [0.15, 0.2) is 48.5 Å². The van der Waals surface area contributed by atoms with E-state index in [1.165, 1.54) is 35.6 Å². The number of carbonyl (C=O) groups is 2. The van der Waals surface area contributed by atoms with Gasteiger partial charge in [0, 0.05) is 30.3 Å². The van der Waals surface area contributed by atoms with Crippen molar-refractivity contribution in [2.24, 2.45) is 0 Å². The highest BCUT2D eigenvalue weighted by molar-refractivity contribution is 7.13. The number of anilines is 1. The molecule has 30 heavy (non-hydrogen) atoms. The highest BCUT2D eigenvalue weighted by Gasteiger charge is 2.28. The molecule has 2 aromatic carbocycles. The van der Waals surface area contributed by atoms with Crippen LogP contribution in [0.25, 0.3) is 0 Å². The van der Waals surface area contributed by atoms with Gasteiger partial charge in [0.2, 0.25) is 5.01 Å². The van der Waals surface area contributed by atoms with Gasteiger partial charge in [0.25, 0.3) is 11.8 Å². The summed E-state index contributed by atoms with van der Waals surface area (Å²) in [7, 11) is 0. The van der Waals surface area contributed by atoms with Gasteiger partial charge in [0.05, 0.1) is 0 Å². The molecule has 0 radical (unpaired) electrons. The third-order valence-corrected chi connectivity index (χ3v) is 6.14. The summed E-state index contributed by atoms with van der Waals surface area (Å²) in [6.07, 6.45) is 1.77. The summed E-state index contributed by atoms with van der Waals surface area (Å²) < 4.78 is 13.0. The lowest BCUT2D eigenvalue weighted by molar-refractivity contribution is 0.0706. The van der Waals surface area contributed by atoms with Gasteiger partial charge < -0.3 is 10.2 Å². The average molecular weight is 425 g/mol. The summed E-state index contributed by atoms with van der Waals surface area (Å²) in [5, 5.41) is 11.9. The SMILES string of the molecule is Cc1cccc(C(=O)N2CCC[C@H](c3nnc(C(=O)Nc4ccc(F)cc4)s3)C2)c1. The highest BCUT2D eigenvalue weighted by atomic mass is 32.1. The molecule has 3 aromatic rings. The van der Waals surface area contributed by atoms with Crippen LogP contribution in [0.5, 0.6) is 0 Å². The molecule has 0 aliphatic carbocycles. The van der Waals surface area contributed by atoms with Gasteiger partial charge in [-0.15, -0.1) is 10.2 Å². The molecule has 1 saturated heterocycles. The molecule has 8 heteroatoms. The summed E-state index contributed by atoms with van der Waals surface area (Å²) in [4.78, 5) is 27.1. The second-order valence-electron chi connectivity index (χ2n) is 7.37. The van der Waals surface area contributed by atoms with E-state index >= 15 is 0 Å². The highest BCUT2D eigenvalue weighted by Crippen LogP contribution is 2.30. The van der Waals surface area contributed by atoms with Crippen molar-refractivity contribution in [3.63, 3.8) is 0 Å². The van der Waals surface area contributed by atoms with E-state index in [0.717, 1.165) is 23.4 Å². The van der Waals surface area contributed by atoms with Gasteiger partial charge in [-0.2, -0.15) is 0 Å². The Bertz CT molecular complexity index is 1070. The molecule has 4 rings (SSSR count). The molecule has 0 spiro atoms. The van der Waals surface area contributed by atoms with Gasteiger partial charge in [-0.3, -0.25) is 9.59 Å². The number of nitrogens with one attached hydrogen (secondary N) is 1. The first kappa shape index (κ1) is 20.2. The number of halogens is 1. The molecule has 6 nitrogen and oxygen atoms in total. The molecule has 1 aliphatic rings. The van der Waals surface area contributed by atoms with Crippen LogP contribution in [0.4, 0.5) is 10.1 Å². The molecule has 1 atom stereocenters. The lowest BCUT2D eigenvalue weighted by Crippen LogP contribution is -2.39. The number of aromatic nitrogens is 2. The second kappa shape index (κ2) is 8.71. The fourth-order valence-corrected chi connectivity index (χ4v) is 4.40. The molecule has 1 fully saturated rings. The van der Waals surface area contributed by atoms with E-state index in [9.17, 15) is 14.0 Å². The summed E-state index contributed by atoms with van der Waals surface area (Å²) in [5.74, 6) is -0.679. The van der Waals surface area contributed by atoms with Gasteiger partial charge in [-0.25, -0.2) is 4.39 Å². The lowest BCUT2D eigenvalue weighted by atomic mass is 9.98. The zero-order valence-corrected chi connectivity index (χ0v) is 17.3. The summed E-state index contributed by atoms with van der Waals surface area (Å²) in [6, 6.07) is 13.1. The minimum Gasteiger partial charge on any atom is -0.338 e. The van der Waals surface area contributed by atoms with E-state index < -0.39 is 0 Å². The second-order valence-corrected chi connectivity index (χ2v) is 8.38. The minimum absolute atomic E-state index is 0.0159. The van der Waals surface area contributed by atoms with Gasteiger partial charge >= 0.3 is 0 Å². The van der Waals surface area contributed by atoms with Crippen molar-refractivity contribution >= 4 is 28.8 Å². The Hall–Kier alpha value is -3.13. The molecule has 0 bridgehead atoms. The molecule has 1 N–H and O–H groups in total. The Labute approximate surface area is 177 Å². The number of hydrogen-bond donors (Lipinski definition) is 1. The largest absolute Gasteiger partial charge is 0.338 e. The Morgan fingerprint density at radius 3 is 2.73 bits per heavy atom. The predicted molar refractivity (Wildman–Crippen MR) is 113 cm³/mol. The number of carbonyl (C=O) groups excluding carboxylic acids is 2. The molecule has 1 aliphatic heterocycles. The summed E-state index contributed by atoms with van der Waals surface area (Å²) in [5.41, 5.74) is 2.23. The molecule has 2 amide bonds. The van der Waals surface area contributed by atoms with Crippen LogP contribution in [-0.2, 0) is 0 Å². The topological polar surface area (TPSA) is 75.2 Å². The maximum atomic E-state index is 13.0. The van der Waals surface area contributed by atoms with Crippen molar-refractivity contribution in [2.75, 3.05) is 18.4 Å². The smallest absolute Gasteiger partial charge is 0.286 e. The van der Waals surface area contributed by atoms with Gasteiger partial charge in [-0.1, -0.05) is 29.0 Å². The zero-order chi connectivity index (χ0) is 21.1. The van der Waals surface area contributed by atoms with E-state index in [4.69, 9.17) is 0 Å². The van der Waals surface area contributed by atoms with Crippen molar-refractivity contribution in [1.29, 1.82) is 0 Å². The van der Waals surface area contributed by atoms with Crippen LogP contribution in [0, 0.1) is 12.7 Å². The first-order valence-corrected chi connectivity index (χ1v) is 10.6. The number of hydrogen-bond acceptors (Lipinski definition) is 5. The number of likely N-dealkylation sites (tertiary alicyclic amines) is 1. The number of amides is 2. The van der Waals surface area contributed by atoms with Crippen LogP contribution in [0.2, 0.25) is 0 Å². The number of aryl methyl sites for hydroxylation is 1. The molecule has 2 heterocycles.